The Morgan fingerprint density at radius 3 is 2.67 bits per heavy atom. The second-order valence-corrected chi connectivity index (χ2v) is 3.19. The van der Waals surface area contributed by atoms with Crippen molar-refractivity contribution in [3.8, 4) is 0 Å². The van der Waals surface area contributed by atoms with E-state index in [-0.39, 0.29) is 11.5 Å². The molecule has 0 bridgehead atoms. The molecular formula is C9H17NO2. The highest BCUT2D eigenvalue weighted by molar-refractivity contribution is 5.65. The van der Waals surface area contributed by atoms with Crippen molar-refractivity contribution in [2.45, 2.75) is 26.3 Å². The largest absolute Gasteiger partial charge is 0.465 e. The SMILES string of the molecule is C=CC(C)(C)NCCOC(C)=O. The van der Waals surface area contributed by atoms with Crippen LogP contribution in [0.1, 0.15) is 20.8 Å². The van der Waals surface area contributed by atoms with Gasteiger partial charge in [-0.2, -0.15) is 0 Å². The summed E-state index contributed by atoms with van der Waals surface area (Å²) < 4.78 is 4.75. The normalized spacial score (nSPS) is 10.9. The molecule has 0 fully saturated rings. The van der Waals surface area contributed by atoms with Crippen molar-refractivity contribution in [3.63, 3.8) is 0 Å². The number of hydrogen-bond acceptors (Lipinski definition) is 3. The third-order valence-electron chi connectivity index (χ3n) is 1.50. The molecule has 0 radical (unpaired) electrons. The molecule has 12 heavy (non-hydrogen) atoms. The van der Waals surface area contributed by atoms with E-state index in [9.17, 15) is 4.79 Å². The molecule has 0 saturated heterocycles. The maximum Gasteiger partial charge on any atom is 0.302 e. The van der Waals surface area contributed by atoms with Crippen LogP contribution in [0.2, 0.25) is 0 Å². The molecule has 0 rings (SSSR count). The van der Waals surface area contributed by atoms with E-state index >= 15 is 0 Å². The highest BCUT2D eigenvalue weighted by Gasteiger charge is 2.10. The Morgan fingerprint density at radius 2 is 2.25 bits per heavy atom. The zero-order valence-electron chi connectivity index (χ0n) is 8.02. The van der Waals surface area contributed by atoms with Crippen LogP contribution in [0.25, 0.3) is 0 Å². The molecule has 0 unspecified atom stereocenters. The summed E-state index contributed by atoms with van der Waals surface area (Å²) in [6.45, 7) is 10.2. The number of hydrogen-bond donors (Lipinski definition) is 1. The van der Waals surface area contributed by atoms with Gasteiger partial charge in [-0.15, -0.1) is 6.58 Å². The predicted molar refractivity (Wildman–Crippen MR) is 48.9 cm³/mol. The molecule has 0 aliphatic rings. The molecule has 70 valence electrons. The molecule has 0 aromatic heterocycles. The fourth-order valence-corrected chi connectivity index (χ4v) is 0.640. The lowest BCUT2D eigenvalue weighted by Crippen LogP contribution is -2.39. The Balaban J connectivity index is 3.43. The lowest BCUT2D eigenvalue weighted by molar-refractivity contribution is -0.140. The van der Waals surface area contributed by atoms with Crippen molar-refractivity contribution in [2.75, 3.05) is 13.2 Å². The quantitative estimate of drug-likeness (QED) is 0.382. The van der Waals surface area contributed by atoms with E-state index in [2.05, 4.69) is 11.9 Å². The van der Waals surface area contributed by atoms with Crippen LogP contribution in [-0.4, -0.2) is 24.7 Å². The summed E-state index contributed by atoms with van der Waals surface area (Å²) in [5.41, 5.74) is -0.0971. The number of rotatable bonds is 5. The van der Waals surface area contributed by atoms with Gasteiger partial charge in [-0.1, -0.05) is 6.08 Å². The van der Waals surface area contributed by atoms with E-state index in [0.29, 0.717) is 13.2 Å². The maximum absolute atomic E-state index is 10.4. The van der Waals surface area contributed by atoms with Crippen molar-refractivity contribution in [3.05, 3.63) is 12.7 Å². The first-order valence-electron chi connectivity index (χ1n) is 4.00. The Hall–Kier alpha value is -0.830. The molecule has 0 saturated carbocycles. The van der Waals surface area contributed by atoms with Gasteiger partial charge in [-0.3, -0.25) is 4.79 Å². The zero-order valence-corrected chi connectivity index (χ0v) is 8.02. The van der Waals surface area contributed by atoms with Crippen LogP contribution in [-0.2, 0) is 9.53 Å². The summed E-state index contributed by atoms with van der Waals surface area (Å²) in [6, 6.07) is 0. The summed E-state index contributed by atoms with van der Waals surface area (Å²) in [4.78, 5) is 10.4. The van der Waals surface area contributed by atoms with E-state index in [0.717, 1.165) is 0 Å². The van der Waals surface area contributed by atoms with Gasteiger partial charge in [0.05, 0.1) is 0 Å². The molecular weight excluding hydrogens is 154 g/mol. The number of carbonyl (C=O) groups is 1. The molecule has 0 aromatic rings. The molecule has 0 atom stereocenters. The lowest BCUT2D eigenvalue weighted by atomic mass is 10.1. The average molecular weight is 171 g/mol. The number of carbonyl (C=O) groups excluding carboxylic acids is 1. The van der Waals surface area contributed by atoms with Crippen LogP contribution < -0.4 is 5.32 Å². The molecule has 0 heterocycles. The number of esters is 1. The minimum Gasteiger partial charge on any atom is -0.465 e. The van der Waals surface area contributed by atoms with Gasteiger partial charge in [0.15, 0.2) is 0 Å². The number of ether oxygens (including phenoxy) is 1. The highest BCUT2D eigenvalue weighted by Crippen LogP contribution is 2.00. The number of nitrogens with one attached hydrogen (secondary N) is 1. The van der Waals surface area contributed by atoms with Gasteiger partial charge in [0.1, 0.15) is 6.61 Å². The molecule has 0 amide bonds. The fraction of sp³-hybridized carbons (Fsp3) is 0.667. The van der Waals surface area contributed by atoms with Crippen molar-refractivity contribution in [1.82, 2.24) is 5.32 Å². The lowest BCUT2D eigenvalue weighted by Gasteiger charge is -2.21. The van der Waals surface area contributed by atoms with E-state index < -0.39 is 0 Å². The highest BCUT2D eigenvalue weighted by atomic mass is 16.5. The Labute approximate surface area is 73.8 Å². The van der Waals surface area contributed by atoms with Gasteiger partial charge in [-0.05, 0) is 13.8 Å². The average Bonchev–Trinajstić information content (AvgIpc) is 1.98. The molecule has 3 nitrogen and oxygen atoms in total. The Kier molecular flexibility index (Phi) is 4.59. The third-order valence-corrected chi connectivity index (χ3v) is 1.50. The minimum atomic E-state index is -0.242. The Bertz CT molecular complexity index is 164. The van der Waals surface area contributed by atoms with Gasteiger partial charge in [0, 0.05) is 19.0 Å². The van der Waals surface area contributed by atoms with Crippen molar-refractivity contribution in [2.24, 2.45) is 0 Å². The zero-order chi connectivity index (χ0) is 9.61. The molecule has 1 N–H and O–H groups in total. The molecule has 0 aromatic carbocycles. The van der Waals surface area contributed by atoms with Crippen LogP contribution in [0.5, 0.6) is 0 Å². The maximum atomic E-state index is 10.4. The van der Waals surface area contributed by atoms with Gasteiger partial charge in [-0.25, -0.2) is 0 Å². The Morgan fingerprint density at radius 1 is 1.67 bits per heavy atom. The van der Waals surface area contributed by atoms with Crippen molar-refractivity contribution in [1.29, 1.82) is 0 Å². The standard InChI is InChI=1S/C9H17NO2/c1-5-9(3,4)10-6-7-12-8(2)11/h5,10H,1,6-7H2,2-4H3. The smallest absolute Gasteiger partial charge is 0.302 e. The van der Waals surface area contributed by atoms with Gasteiger partial charge in [0.25, 0.3) is 0 Å². The molecule has 0 aliphatic carbocycles. The molecule has 0 spiro atoms. The summed E-state index contributed by atoms with van der Waals surface area (Å²) in [6.07, 6.45) is 1.82. The van der Waals surface area contributed by atoms with E-state index in [1.807, 2.05) is 19.9 Å². The molecule has 3 heteroatoms. The van der Waals surface area contributed by atoms with Gasteiger partial charge >= 0.3 is 5.97 Å². The van der Waals surface area contributed by atoms with Crippen LogP contribution in [0.15, 0.2) is 12.7 Å². The minimum absolute atomic E-state index is 0.0971. The van der Waals surface area contributed by atoms with Crippen molar-refractivity contribution >= 4 is 5.97 Å². The summed E-state index contributed by atoms with van der Waals surface area (Å²) >= 11 is 0. The second kappa shape index (κ2) is 4.93. The van der Waals surface area contributed by atoms with Crippen molar-refractivity contribution < 1.29 is 9.53 Å². The third kappa shape index (κ3) is 5.92. The van der Waals surface area contributed by atoms with Crippen LogP contribution in [0.4, 0.5) is 0 Å². The first-order valence-corrected chi connectivity index (χ1v) is 4.00. The first kappa shape index (κ1) is 11.2. The van der Waals surface area contributed by atoms with Crippen LogP contribution >= 0.6 is 0 Å². The van der Waals surface area contributed by atoms with Crippen LogP contribution in [0.3, 0.4) is 0 Å². The first-order chi connectivity index (χ1) is 5.48. The summed E-state index contributed by atoms with van der Waals surface area (Å²) in [7, 11) is 0. The van der Waals surface area contributed by atoms with Gasteiger partial charge < -0.3 is 10.1 Å². The summed E-state index contributed by atoms with van der Waals surface area (Å²) in [5.74, 6) is -0.242. The van der Waals surface area contributed by atoms with E-state index in [1.165, 1.54) is 6.92 Å². The monoisotopic (exact) mass is 171 g/mol. The molecule has 0 aliphatic heterocycles. The summed E-state index contributed by atoms with van der Waals surface area (Å²) in [5, 5.41) is 3.17. The van der Waals surface area contributed by atoms with E-state index in [1.54, 1.807) is 0 Å². The predicted octanol–water partition coefficient (Wildman–Crippen LogP) is 1.10. The van der Waals surface area contributed by atoms with E-state index in [4.69, 9.17) is 4.74 Å². The van der Waals surface area contributed by atoms with Crippen LogP contribution in [0, 0.1) is 0 Å². The van der Waals surface area contributed by atoms with Gasteiger partial charge in [0.2, 0.25) is 0 Å². The fourth-order valence-electron chi connectivity index (χ4n) is 0.640. The topological polar surface area (TPSA) is 38.3 Å². The second-order valence-electron chi connectivity index (χ2n) is 3.19.